The van der Waals surface area contributed by atoms with Crippen molar-refractivity contribution in [3.05, 3.63) is 0 Å². The summed E-state index contributed by atoms with van der Waals surface area (Å²) in [6, 6.07) is 0.495. The molecular weight excluding hydrogens is 252 g/mol. The van der Waals surface area contributed by atoms with E-state index in [1.807, 2.05) is 0 Å². The summed E-state index contributed by atoms with van der Waals surface area (Å²) in [5.41, 5.74) is 0. The maximum absolute atomic E-state index is 11.0. The summed E-state index contributed by atoms with van der Waals surface area (Å²) in [4.78, 5) is 2.22. The first-order valence-electron chi connectivity index (χ1n) is 6.75. The second-order valence-corrected chi connectivity index (χ2v) is 7.14. The van der Waals surface area contributed by atoms with Crippen LogP contribution in [0.4, 0.5) is 0 Å². The predicted octanol–water partition coefficient (Wildman–Crippen LogP) is 0.551. The first-order valence-corrected chi connectivity index (χ1v) is 8.64. The molecule has 0 amide bonds. The van der Waals surface area contributed by atoms with Crippen LogP contribution in [0.15, 0.2) is 0 Å². The molecule has 6 heteroatoms. The van der Waals surface area contributed by atoms with Gasteiger partial charge in [-0.15, -0.1) is 0 Å². The number of sulfonamides is 1. The van der Waals surface area contributed by atoms with Crippen LogP contribution in [-0.2, 0) is 10.0 Å². The third-order valence-electron chi connectivity index (χ3n) is 3.35. The van der Waals surface area contributed by atoms with Crippen LogP contribution in [0.2, 0.25) is 0 Å². The zero-order valence-corrected chi connectivity index (χ0v) is 12.2. The van der Waals surface area contributed by atoms with Gasteiger partial charge in [-0.2, -0.15) is 0 Å². The van der Waals surface area contributed by atoms with Gasteiger partial charge >= 0.3 is 0 Å². The average Bonchev–Trinajstić information content (AvgIpc) is 2.27. The van der Waals surface area contributed by atoms with Crippen molar-refractivity contribution in [2.75, 3.05) is 25.9 Å². The van der Waals surface area contributed by atoms with E-state index in [-0.39, 0.29) is 6.10 Å². The Bertz CT molecular complexity index is 324. The van der Waals surface area contributed by atoms with Gasteiger partial charge < -0.3 is 5.11 Å². The lowest BCUT2D eigenvalue weighted by molar-refractivity contribution is 0.0842. The second-order valence-electron chi connectivity index (χ2n) is 5.30. The first kappa shape index (κ1) is 15.9. The van der Waals surface area contributed by atoms with Gasteiger partial charge in [-0.1, -0.05) is 19.3 Å². The van der Waals surface area contributed by atoms with E-state index < -0.39 is 10.0 Å². The fourth-order valence-electron chi connectivity index (χ4n) is 2.58. The van der Waals surface area contributed by atoms with Crippen molar-refractivity contribution in [1.82, 2.24) is 9.62 Å². The molecule has 1 aliphatic carbocycles. The lowest BCUT2D eigenvalue weighted by atomic mass is 9.94. The number of nitrogens with zero attached hydrogens (tertiary/aromatic N) is 1. The summed E-state index contributed by atoms with van der Waals surface area (Å²) in [7, 11) is -3.12. The van der Waals surface area contributed by atoms with Crippen LogP contribution in [-0.4, -0.2) is 56.5 Å². The molecule has 1 saturated carbocycles. The van der Waals surface area contributed by atoms with Gasteiger partial charge in [0.05, 0.1) is 12.4 Å². The molecule has 0 saturated heterocycles. The van der Waals surface area contributed by atoms with Gasteiger partial charge in [0.15, 0.2) is 0 Å². The summed E-state index contributed by atoms with van der Waals surface area (Å²) >= 11 is 0. The number of aliphatic hydroxyl groups excluding tert-OH is 1. The molecule has 18 heavy (non-hydrogen) atoms. The molecule has 0 aliphatic heterocycles. The standard InChI is InChI=1S/C12H26N2O3S/c1-11(15)10-14(9-8-13-18(2,16)17)12-6-4-3-5-7-12/h11-13,15H,3-10H2,1-2H3. The molecule has 2 N–H and O–H groups in total. The summed E-state index contributed by atoms with van der Waals surface area (Å²) in [5.74, 6) is 0. The molecular formula is C12H26N2O3S. The van der Waals surface area contributed by atoms with E-state index in [4.69, 9.17) is 0 Å². The highest BCUT2D eigenvalue weighted by molar-refractivity contribution is 7.88. The third kappa shape index (κ3) is 6.68. The molecule has 1 fully saturated rings. The van der Waals surface area contributed by atoms with Crippen LogP contribution in [0.3, 0.4) is 0 Å². The van der Waals surface area contributed by atoms with Gasteiger partial charge in [0.1, 0.15) is 0 Å². The smallest absolute Gasteiger partial charge is 0.208 e. The first-order chi connectivity index (χ1) is 8.38. The van der Waals surface area contributed by atoms with Crippen molar-refractivity contribution >= 4 is 10.0 Å². The Kier molecular flexibility index (Phi) is 6.55. The Hall–Kier alpha value is -0.170. The number of aliphatic hydroxyl groups is 1. The summed E-state index contributed by atoms with van der Waals surface area (Å²) in [6.07, 6.45) is 6.89. The molecule has 0 aromatic carbocycles. The van der Waals surface area contributed by atoms with E-state index >= 15 is 0 Å². The molecule has 1 unspecified atom stereocenters. The molecule has 0 radical (unpaired) electrons. The SMILES string of the molecule is CC(O)CN(CCNS(C)(=O)=O)C1CCCCC1. The molecule has 0 aromatic rings. The molecule has 0 aromatic heterocycles. The van der Waals surface area contributed by atoms with Gasteiger partial charge in [0.2, 0.25) is 10.0 Å². The minimum absolute atomic E-state index is 0.370. The van der Waals surface area contributed by atoms with E-state index in [2.05, 4.69) is 9.62 Å². The van der Waals surface area contributed by atoms with Crippen molar-refractivity contribution < 1.29 is 13.5 Å². The van der Waals surface area contributed by atoms with Crippen LogP contribution >= 0.6 is 0 Å². The van der Waals surface area contributed by atoms with Crippen molar-refractivity contribution in [3.8, 4) is 0 Å². The molecule has 1 atom stereocenters. The molecule has 5 nitrogen and oxygen atoms in total. The fraction of sp³-hybridized carbons (Fsp3) is 1.00. The average molecular weight is 278 g/mol. The molecule has 0 spiro atoms. The zero-order valence-electron chi connectivity index (χ0n) is 11.4. The fourth-order valence-corrected chi connectivity index (χ4v) is 3.05. The van der Waals surface area contributed by atoms with E-state index in [9.17, 15) is 13.5 Å². The topological polar surface area (TPSA) is 69.6 Å². The van der Waals surface area contributed by atoms with Crippen LogP contribution in [0.1, 0.15) is 39.0 Å². The molecule has 1 rings (SSSR count). The second kappa shape index (κ2) is 7.43. The minimum atomic E-state index is -3.12. The van der Waals surface area contributed by atoms with Crippen LogP contribution in [0.25, 0.3) is 0 Å². The molecule has 108 valence electrons. The minimum Gasteiger partial charge on any atom is -0.392 e. The van der Waals surface area contributed by atoms with E-state index in [1.165, 1.54) is 25.5 Å². The Balaban J connectivity index is 2.44. The highest BCUT2D eigenvalue weighted by Gasteiger charge is 2.21. The van der Waals surface area contributed by atoms with Crippen molar-refractivity contribution in [2.24, 2.45) is 0 Å². The Morgan fingerprint density at radius 2 is 1.94 bits per heavy atom. The normalized spacial score (nSPS) is 20.2. The van der Waals surface area contributed by atoms with Gasteiger partial charge in [-0.05, 0) is 19.8 Å². The van der Waals surface area contributed by atoms with Gasteiger partial charge in [0.25, 0.3) is 0 Å². The lowest BCUT2D eigenvalue weighted by Crippen LogP contribution is -2.44. The van der Waals surface area contributed by atoms with Gasteiger partial charge in [0, 0.05) is 25.7 Å². The van der Waals surface area contributed by atoms with Gasteiger partial charge in [-0.25, -0.2) is 13.1 Å². The predicted molar refractivity (Wildman–Crippen MR) is 73.0 cm³/mol. The molecule has 0 heterocycles. The number of hydrogen-bond donors (Lipinski definition) is 2. The Morgan fingerprint density at radius 3 is 2.44 bits per heavy atom. The number of hydrogen-bond acceptors (Lipinski definition) is 4. The van der Waals surface area contributed by atoms with E-state index in [1.54, 1.807) is 6.92 Å². The Morgan fingerprint density at radius 1 is 1.33 bits per heavy atom. The summed E-state index contributed by atoms with van der Waals surface area (Å²) < 4.78 is 24.6. The lowest BCUT2D eigenvalue weighted by Gasteiger charge is -2.35. The van der Waals surface area contributed by atoms with E-state index in [0.29, 0.717) is 25.7 Å². The number of nitrogens with one attached hydrogen (secondary N) is 1. The molecule has 1 aliphatic rings. The quantitative estimate of drug-likeness (QED) is 0.713. The van der Waals surface area contributed by atoms with Crippen molar-refractivity contribution in [2.45, 2.75) is 51.2 Å². The summed E-state index contributed by atoms with van der Waals surface area (Å²) in [6.45, 7) is 3.49. The van der Waals surface area contributed by atoms with Crippen LogP contribution in [0.5, 0.6) is 0 Å². The highest BCUT2D eigenvalue weighted by Crippen LogP contribution is 2.22. The van der Waals surface area contributed by atoms with Crippen molar-refractivity contribution in [1.29, 1.82) is 0 Å². The maximum atomic E-state index is 11.0. The largest absolute Gasteiger partial charge is 0.392 e. The number of rotatable bonds is 7. The molecule has 0 bridgehead atoms. The zero-order chi connectivity index (χ0) is 13.6. The van der Waals surface area contributed by atoms with E-state index in [0.717, 1.165) is 12.8 Å². The van der Waals surface area contributed by atoms with Crippen LogP contribution in [0, 0.1) is 0 Å². The third-order valence-corrected chi connectivity index (χ3v) is 4.08. The monoisotopic (exact) mass is 278 g/mol. The maximum Gasteiger partial charge on any atom is 0.208 e. The summed E-state index contributed by atoms with van der Waals surface area (Å²) in [5, 5.41) is 9.53. The van der Waals surface area contributed by atoms with Crippen LogP contribution < -0.4 is 4.72 Å². The Labute approximate surface area is 111 Å². The highest BCUT2D eigenvalue weighted by atomic mass is 32.2. The van der Waals surface area contributed by atoms with Gasteiger partial charge in [-0.3, -0.25) is 4.90 Å². The van der Waals surface area contributed by atoms with Crippen molar-refractivity contribution in [3.63, 3.8) is 0 Å².